The number of ether oxygens (including phenoxy) is 2. The minimum absolute atomic E-state index is 0.147. The summed E-state index contributed by atoms with van der Waals surface area (Å²) in [5.41, 5.74) is -0.687. The Labute approximate surface area is 196 Å². The first-order valence-corrected chi connectivity index (χ1v) is 10.8. The Morgan fingerprint density at radius 1 is 1.24 bits per heavy atom. The number of aryl methyl sites for hydroxylation is 1. The molecule has 2 heterocycles. The molecular formula is C23H30N4O7. The number of carbonyl (C=O) groups is 2. The topological polar surface area (TPSA) is 132 Å². The van der Waals surface area contributed by atoms with Crippen LogP contribution in [0.3, 0.4) is 0 Å². The molecule has 1 aromatic carbocycles. The van der Waals surface area contributed by atoms with Gasteiger partial charge in [-0.1, -0.05) is 30.3 Å². The summed E-state index contributed by atoms with van der Waals surface area (Å²) in [4.78, 5) is 57.8. The lowest BCUT2D eigenvalue weighted by molar-refractivity contribution is -0.196. The molecule has 0 radical (unpaired) electrons. The normalized spacial score (nSPS) is 19.4. The fourth-order valence-electron chi connectivity index (χ4n) is 3.66. The molecule has 11 heteroatoms. The Hall–Kier alpha value is -3.44. The summed E-state index contributed by atoms with van der Waals surface area (Å²) < 4.78 is 11.5. The minimum Gasteiger partial charge on any atom is -0.467 e. The van der Waals surface area contributed by atoms with Crippen LogP contribution in [0.5, 0.6) is 0 Å². The molecular weight excluding hydrogens is 444 g/mol. The van der Waals surface area contributed by atoms with Crippen LogP contribution in [-0.2, 0) is 25.7 Å². The van der Waals surface area contributed by atoms with Crippen LogP contribution in [0.2, 0.25) is 0 Å². The molecule has 2 N–H and O–H groups in total. The number of aromatic nitrogens is 2. The van der Waals surface area contributed by atoms with E-state index in [-0.39, 0.29) is 13.0 Å². The highest BCUT2D eigenvalue weighted by molar-refractivity contribution is 5.82. The molecule has 1 aliphatic heterocycles. The van der Waals surface area contributed by atoms with Crippen molar-refractivity contribution in [3.63, 3.8) is 0 Å². The van der Waals surface area contributed by atoms with E-state index in [1.807, 2.05) is 30.3 Å². The molecule has 0 aliphatic carbocycles. The van der Waals surface area contributed by atoms with E-state index >= 15 is 0 Å². The maximum absolute atomic E-state index is 12.7. The standard InChI is InChI=1S/C23H30N4O7/c1-14-12-26(21(30)25-19(14)28)17-11-16(27(34-17)13-15-9-7-6-8-10-15)18(20(29)32-5)24-22(31)33-23(2,3)4/h6-10,12,16-18H,11,13H2,1-5H3,(H,24,31)(H,25,28,30)/t16-,17+,18-/m1/s1. The molecule has 34 heavy (non-hydrogen) atoms. The van der Waals surface area contributed by atoms with Gasteiger partial charge < -0.3 is 14.8 Å². The van der Waals surface area contributed by atoms with Gasteiger partial charge in [0.2, 0.25) is 0 Å². The van der Waals surface area contributed by atoms with Gasteiger partial charge in [-0.15, -0.1) is 0 Å². The molecule has 11 nitrogen and oxygen atoms in total. The van der Waals surface area contributed by atoms with Crippen molar-refractivity contribution in [3.8, 4) is 0 Å². The number of carbonyl (C=O) groups excluding carboxylic acids is 2. The van der Waals surface area contributed by atoms with Gasteiger partial charge in [0.1, 0.15) is 11.6 Å². The molecule has 0 bridgehead atoms. The van der Waals surface area contributed by atoms with Gasteiger partial charge in [0, 0.05) is 24.7 Å². The summed E-state index contributed by atoms with van der Waals surface area (Å²) in [7, 11) is 1.22. The van der Waals surface area contributed by atoms with Crippen LogP contribution < -0.4 is 16.6 Å². The SMILES string of the molecule is COC(=O)[C@H](NC(=O)OC(C)(C)C)[C@H]1C[C@@H](n2cc(C)c(=O)[nH]c2=O)ON1Cc1ccccc1. The summed E-state index contributed by atoms with van der Waals surface area (Å²) in [5.74, 6) is -0.692. The third kappa shape index (κ3) is 6.12. The van der Waals surface area contributed by atoms with Crippen LogP contribution in [0.25, 0.3) is 0 Å². The zero-order valence-electron chi connectivity index (χ0n) is 19.9. The van der Waals surface area contributed by atoms with Crippen LogP contribution in [0.4, 0.5) is 4.79 Å². The number of hydroxylamine groups is 2. The lowest BCUT2D eigenvalue weighted by Gasteiger charge is -2.29. The number of amides is 1. The maximum Gasteiger partial charge on any atom is 0.408 e. The van der Waals surface area contributed by atoms with Crippen LogP contribution in [0.1, 0.15) is 44.5 Å². The number of nitrogens with zero attached hydrogens (tertiary/aromatic N) is 2. The number of hydrogen-bond acceptors (Lipinski definition) is 8. The van der Waals surface area contributed by atoms with Crippen molar-refractivity contribution in [1.82, 2.24) is 19.9 Å². The summed E-state index contributed by atoms with van der Waals surface area (Å²) >= 11 is 0. The number of alkyl carbamates (subject to hydrolysis) is 1. The number of aromatic amines is 1. The van der Waals surface area contributed by atoms with E-state index in [0.717, 1.165) is 5.56 Å². The maximum atomic E-state index is 12.7. The predicted molar refractivity (Wildman–Crippen MR) is 122 cm³/mol. The number of nitrogens with one attached hydrogen (secondary N) is 2. The predicted octanol–water partition coefficient (Wildman–Crippen LogP) is 1.62. The molecule has 1 aliphatic rings. The highest BCUT2D eigenvalue weighted by atomic mass is 16.7. The lowest BCUT2D eigenvalue weighted by Crippen LogP contribution is -2.54. The Balaban J connectivity index is 1.95. The van der Waals surface area contributed by atoms with Crippen LogP contribution >= 0.6 is 0 Å². The second-order valence-electron chi connectivity index (χ2n) is 9.05. The Morgan fingerprint density at radius 2 is 1.91 bits per heavy atom. The number of esters is 1. The molecule has 184 valence electrons. The van der Waals surface area contributed by atoms with Crippen molar-refractivity contribution in [2.24, 2.45) is 0 Å². The molecule has 3 atom stereocenters. The zero-order chi connectivity index (χ0) is 25.0. The van der Waals surface area contributed by atoms with E-state index in [0.29, 0.717) is 5.56 Å². The Kier molecular flexibility index (Phi) is 7.57. The van der Waals surface area contributed by atoms with Gasteiger partial charge in [-0.25, -0.2) is 14.4 Å². The second kappa shape index (κ2) is 10.2. The number of hydrogen-bond donors (Lipinski definition) is 2. The summed E-state index contributed by atoms with van der Waals surface area (Å²) in [5, 5.41) is 4.12. The highest BCUT2D eigenvalue weighted by Gasteiger charge is 2.44. The summed E-state index contributed by atoms with van der Waals surface area (Å²) in [6.45, 7) is 6.97. The van der Waals surface area contributed by atoms with Gasteiger partial charge in [0.05, 0.1) is 13.2 Å². The minimum atomic E-state index is -1.15. The van der Waals surface area contributed by atoms with Crippen molar-refractivity contribution < 1.29 is 23.9 Å². The number of H-pyrrole nitrogens is 1. The summed E-state index contributed by atoms with van der Waals surface area (Å²) in [6.07, 6.45) is -0.0654. The van der Waals surface area contributed by atoms with Gasteiger partial charge in [0.25, 0.3) is 5.56 Å². The first kappa shape index (κ1) is 25.2. The van der Waals surface area contributed by atoms with E-state index in [4.69, 9.17) is 14.3 Å². The number of benzene rings is 1. The Morgan fingerprint density at radius 3 is 2.53 bits per heavy atom. The molecule has 0 unspecified atom stereocenters. The molecule has 1 aromatic heterocycles. The first-order chi connectivity index (χ1) is 16.0. The molecule has 2 aromatic rings. The van der Waals surface area contributed by atoms with E-state index in [2.05, 4.69) is 10.3 Å². The van der Waals surface area contributed by atoms with Gasteiger partial charge in [-0.2, -0.15) is 5.06 Å². The smallest absolute Gasteiger partial charge is 0.408 e. The average molecular weight is 475 g/mol. The molecule has 1 amide bonds. The fraction of sp³-hybridized carbons (Fsp3) is 0.478. The van der Waals surface area contributed by atoms with Gasteiger partial charge >= 0.3 is 17.8 Å². The van der Waals surface area contributed by atoms with E-state index < -0.39 is 47.2 Å². The highest BCUT2D eigenvalue weighted by Crippen LogP contribution is 2.32. The van der Waals surface area contributed by atoms with Crippen LogP contribution in [0, 0.1) is 6.92 Å². The van der Waals surface area contributed by atoms with Gasteiger partial charge in [0.15, 0.2) is 6.23 Å². The quantitative estimate of drug-likeness (QED) is 0.604. The van der Waals surface area contributed by atoms with Gasteiger partial charge in [-0.05, 0) is 33.3 Å². The molecule has 0 saturated carbocycles. The lowest BCUT2D eigenvalue weighted by atomic mass is 10.0. The third-order valence-electron chi connectivity index (χ3n) is 5.22. The molecule has 3 rings (SSSR count). The van der Waals surface area contributed by atoms with Crippen LogP contribution in [0.15, 0.2) is 46.1 Å². The van der Waals surface area contributed by atoms with E-state index in [9.17, 15) is 19.2 Å². The van der Waals surface area contributed by atoms with Crippen molar-refractivity contribution in [3.05, 3.63) is 68.5 Å². The number of rotatable bonds is 6. The molecule has 1 fully saturated rings. The first-order valence-electron chi connectivity index (χ1n) is 10.8. The monoisotopic (exact) mass is 474 g/mol. The molecule has 0 spiro atoms. The van der Waals surface area contributed by atoms with Crippen molar-refractivity contribution >= 4 is 12.1 Å². The third-order valence-corrected chi connectivity index (χ3v) is 5.22. The second-order valence-corrected chi connectivity index (χ2v) is 9.05. The van der Waals surface area contributed by atoms with Crippen LogP contribution in [-0.4, -0.2) is 51.5 Å². The van der Waals surface area contributed by atoms with Gasteiger partial charge in [-0.3, -0.25) is 19.2 Å². The van der Waals surface area contributed by atoms with Crippen molar-refractivity contribution in [2.75, 3.05) is 7.11 Å². The van der Waals surface area contributed by atoms with E-state index in [1.165, 1.54) is 22.9 Å². The fourth-order valence-corrected chi connectivity index (χ4v) is 3.66. The zero-order valence-corrected chi connectivity index (χ0v) is 19.9. The molecule has 1 saturated heterocycles. The Bertz CT molecular complexity index is 1140. The average Bonchev–Trinajstić information content (AvgIpc) is 3.16. The largest absolute Gasteiger partial charge is 0.467 e. The van der Waals surface area contributed by atoms with Crippen molar-refractivity contribution in [1.29, 1.82) is 0 Å². The van der Waals surface area contributed by atoms with Crippen molar-refractivity contribution in [2.45, 2.75) is 64.6 Å². The summed E-state index contributed by atoms with van der Waals surface area (Å²) in [6, 6.07) is 7.53. The van der Waals surface area contributed by atoms with E-state index in [1.54, 1.807) is 27.7 Å². The number of methoxy groups -OCH3 is 1.